The van der Waals surface area contributed by atoms with Gasteiger partial charge >= 0.3 is 0 Å². The standard InChI is InChI=1S/C26H29N5O6/c1-5-7-18-21(33)20-23(30(12-6-2)26(18)36)28-22(27-20)16-8-10-17(11-9-16)37-13-19(32)29-31-24(34)14(3)15(4)25(31)35/h8-11,18H,5-7,12-13H2,1-4H3,(H,27,28)(H,29,32). The van der Waals surface area contributed by atoms with E-state index in [2.05, 4.69) is 15.4 Å². The molecule has 1 aromatic heterocycles. The molecule has 1 aromatic carbocycles. The second-order valence-electron chi connectivity index (χ2n) is 9.02. The number of aromatic nitrogens is 2. The number of fused-ring (bicyclic) bond motifs is 1. The molecule has 2 aliphatic rings. The molecule has 11 heteroatoms. The second-order valence-corrected chi connectivity index (χ2v) is 9.02. The summed E-state index contributed by atoms with van der Waals surface area (Å²) in [6.45, 7) is 7.01. The first-order valence-corrected chi connectivity index (χ1v) is 12.2. The minimum absolute atomic E-state index is 0.209. The molecule has 0 saturated carbocycles. The van der Waals surface area contributed by atoms with Crippen molar-refractivity contribution in [3.63, 3.8) is 0 Å². The first kappa shape index (κ1) is 25.8. The molecule has 11 nitrogen and oxygen atoms in total. The summed E-state index contributed by atoms with van der Waals surface area (Å²) in [7, 11) is 0. The van der Waals surface area contributed by atoms with Crippen molar-refractivity contribution in [2.45, 2.75) is 47.0 Å². The first-order valence-electron chi connectivity index (χ1n) is 12.2. The van der Waals surface area contributed by atoms with Crippen molar-refractivity contribution in [3.8, 4) is 17.1 Å². The van der Waals surface area contributed by atoms with E-state index in [1.54, 1.807) is 29.2 Å². The van der Waals surface area contributed by atoms with E-state index in [1.165, 1.54) is 13.8 Å². The van der Waals surface area contributed by atoms with Gasteiger partial charge in [0, 0.05) is 23.3 Å². The molecule has 0 spiro atoms. The molecule has 2 N–H and O–H groups in total. The van der Waals surface area contributed by atoms with Crippen molar-refractivity contribution < 1.29 is 28.7 Å². The Kier molecular flexibility index (Phi) is 7.23. The number of anilines is 1. The highest BCUT2D eigenvalue weighted by atomic mass is 16.5. The lowest BCUT2D eigenvalue weighted by Gasteiger charge is -2.29. The van der Waals surface area contributed by atoms with Gasteiger partial charge in [0.25, 0.3) is 17.7 Å². The number of H-pyrrole nitrogens is 1. The Hall–Kier alpha value is -4.28. The lowest BCUT2D eigenvalue weighted by Crippen LogP contribution is -2.48. The Morgan fingerprint density at radius 3 is 2.27 bits per heavy atom. The number of Topliss-reactive ketones (excluding diaryl/α,β-unsaturated/α-hetero) is 1. The molecule has 1 atom stereocenters. The summed E-state index contributed by atoms with van der Waals surface area (Å²) in [6, 6.07) is 6.68. The molecule has 0 fully saturated rings. The fourth-order valence-electron chi connectivity index (χ4n) is 4.29. The van der Waals surface area contributed by atoms with E-state index in [4.69, 9.17) is 4.74 Å². The van der Waals surface area contributed by atoms with Crippen LogP contribution in [0.2, 0.25) is 0 Å². The Bertz CT molecular complexity index is 1290. The number of rotatable bonds is 9. The summed E-state index contributed by atoms with van der Waals surface area (Å²) >= 11 is 0. The van der Waals surface area contributed by atoms with Crippen molar-refractivity contribution in [3.05, 3.63) is 41.1 Å². The Balaban J connectivity index is 1.44. The average Bonchev–Trinajstić information content (AvgIpc) is 3.41. The van der Waals surface area contributed by atoms with Crippen LogP contribution in [-0.2, 0) is 19.2 Å². The number of benzene rings is 1. The van der Waals surface area contributed by atoms with E-state index in [1.807, 2.05) is 13.8 Å². The van der Waals surface area contributed by atoms with Crippen LogP contribution in [0.25, 0.3) is 11.4 Å². The second kappa shape index (κ2) is 10.4. The van der Waals surface area contributed by atoms with Crippen LogP contribution in [-0.4, -0.2) is 57.5 Å². The molecule has 0 radical (unpaired) electrons. The quantitative estimate of drug-likeness (QED) is 0.392. The molecular weight excluding hydrogens is 478 g/mol. The summed E-state index contributed by atoms with van der Waals surface area (Å²) < 4.78 is 5.48. The number of amides is 4. The van der Waals surface area contributed by atoms with E-state index in [9.17, 15) is 24.0 Å². The normalized spacial score (nSPS) is 17.6. The van der Waals surface area contributed by atoms with Crippen molar-refractivity contribution in [1.82, 2.24) is 20.4 Å². The molecule has 0 saturated heterocycles. The van der Waals surface area contributed by atoms with Crippen LogP contribution in [0.3, 0.4) is 0 Å². The third kappa shape index (κ3) is 4.76. The number of ketones is 1. The minimum Gasteiger partial charge on any atom is -0.484 e. The highest BCUT2D eigenvalue weighted by Gasteiger charge is 2.41. The molecular formula is C26H29N5O6. The van der Waals surface area contributed by atoms with Gasteiger partial charge in [0.2, 0.25) is 5.91 Å². The minimum atomic E-state index is -0.700. The van der Waals surface area contributed by atoms with E-state index >= 15 is 0 Å². The highest BCUT2D eigenvalue weighted by molar-refractivity contribution is 6.20. The molecule has 37 heavy (non-hydrogen) atoms. The number of aromatic amines is 1. The number of imidazole rings is 1. The summed E-state index contributed by atoms with van der Waals surface area (Å²) in [5, 5.41) is 0.678. The fourth-order valence-corrected chi connectivity index (χ4v) is 4.29. The highest BCUT2D eigenvalue weighted by Crippen LogP contribution is 2.33. The molecule has 0 aliphatic carbocycles. The molecule has 1 unspecified atom stereocenters. The van der Waals surface area contributed by atoms with Gasteiger partial charge < -0.3 is 9.72 Å². The number of hydrazine groups is 1. The lowest BCUT2D eigenvalue weighted by molar-refractivity contribution is -0.147. The van der Waals surface area contributed by atoms with Gasteiger partial charge in [-0.2, -0.15) is 5.01 Å². The van der Waals surface area contributed by atoms with Crippen LogP contribution in [0.15, 0.2) is 35.4 Å². The van der Waals surface area contributed by atoms with Crippen LogP contribution < -0.4 is 15.1 Å². The van der Waals surface area contributed by atoms with Crippen LogP contribution >= 0.6 is 0 Å². The molecule has 0 bridgehead atoms. The Labute approximate surface area is 213 Å². The third-order valence-electron chi connectivity index (χ3n) is 6.44. The summed E-state index contributed by atoms with van der Waals surface area (Å²) in [5.74, 6) is -1.78. The number of carbonyl (C=O) groups excluding carboxylic acids is 5. The van der Waals surface area contributed by atoms with Crippen molar-refractivity contribution in [2.24, 2.45) is 5.92 Å². The zero-order valence-corrected chi connectivity index (χ0v) is 21.2. The number of carbonyl (C=O) groups is 5. The lowest BCUT2D eigenvalue weighted by atomic mass is 9.91. The number of nitrogens with one attached hydrogen (secondary N) is 2. The summed E-state index contributed by atoms with van der Waals surface area (Å²) in [6.07, 6.45) is 1.94. The fraction of sp³-hybridized carbons (Fsp3) is 0.385. The molecule has 194 valence electrons. The number of hydrogen-bond acceptors (Lipinski definition) is 7. The predicted octanol–water partition coefficient (Wildman–Crippen LogP) is 2.55. The SMILES string of the molecule is CCCC1C(=O)c2[nH]c(-c3ccc(OCC(=O)NN4C(=O)C(C)=C(C)C4=O)cc3)nc2N(CCC)C1=O. The van der Waals surface area contributed by atoms with Gasteiger partial charge in [-0.1, -0.05) is 20.3 Å². The van der Waals surface area contributed by atoms with Gasteiger partial charge in [-0.15, -0.1) is 0 Å². The zero-order chi connectivity index (χ0) is 26.9. The zero-order valence-electron chi connectivity index (χ0n) is 21.2. The van der Waals surface area contributed by atoms with Crippen LogP contribution in [0, 0.1) is 5.92 Å². The van der Waals surface area contributed by atoms with E-state index < -0.39 is 30.2 Å². The van der Waals surface area contributed by atoms with Gasteiger partial charge in [0.15, 0.2) is 18.2 Å². The molecule has 4 rings (SSSR count). The van der Waals surface area contributed by atoms with Crippen molar-refractivity contribution in [2.75, 3.05) is 18.1 Å². The predicted molar refractivity (Wildman–Crippen MR) is 133 cm³/mol. The molecule has 3 heterocycles. The number of imide groups is 1. The Morgan fingerprint density at radius 1 is 1.03 bits per heavy atom. The molecule has 4 amide bonds. The third-order valence-corrected chi connectivity index (χ3v) is 6.44. The largest absolute Gasteiger partial charge is 0.484 e. The molecule has 2 aromatic rings. The van der Waals surface area contributed by atoms with Crippen LogP contribution in [0.4, 0.5) is 5.82 Å². The van der Waals surface area contributed by atoms with Gasteiger partial charge in [-0.3, -0.25) is 34.3 Å². The average molecular weight is 508 g/mol. The van der Waals surface area contributed by atoms with E-state index in [-0.39, 0.29) is 22.8 Å². The smallest absolute Gasteiger partial charge is 0.276 e. The van der Waals surface area contributed by atoms with Gasteiger partial charge in [0.05, 0.1) is 0 Å². The number of nitrogens with zero attached hydrogens (tertiary/aromatic N) is 3. The van der Waals surface area contributed by atoms with E-state index in [0.29, 0.717) is 46.6 Å². The summed E-state index contributed by atoms with van der Waals surface area (Å²) in [5.41, 5.74) is 3.83. The van der Waals surface area contributed by atoms with Crippen molar-refractivity contribution >= 4 is 35.2 Å². The van der Waals surface area contributed by atoms with Crippen LogP contribution in [0.1, 0.15) is 57.4 Å². The first-order chi connectivity index (χ1) is 17.7. The maximum atomic E-state index is 13.0. The molecule has 2 aliphatic heterocycles. The topological polar surface area (TPSA) is 142 Å². The van der Waals surface area contributed by atoms with Gasteiger partial charge in [-0.05, 0) is 51.0 Å². The van der Waals surface area contributed by atoms with E-state index in [0.717, 1.165) is 12.8 Å². The van der Waals surface area contributed by atoms with Gasteiger partial charge in [0.1, 0.15) is 23.2 Å². The van der Waals surface area contributed by atoms with Crippen LogP contribution in [0.5, 0.6) is 5.75 Å². The van der Waals surface area contributed by atoms with Crippen molar-refractivity contribution in [1.29, 1.82) is 0 Å². The maximum Gasteiger partial charge on any atom is 0.276 e. The van der Waals surface area contributed by atoms with Gasteiger partial charge in [-0.25, -0.2) is 4.98 Å². The maximum absolute atomic E-state index is 13.0. The monoisotopic (exact) mass is 507 g/mol. The summed E-state index contributed by atoms with van der Waals surface area (Å²) in [4.78, 5) is 71.5. The Morgan fingerprint density at radius 2 is 1.68 bits per heavy atom. The number of ether oxygens (including phenoxy) is 1. The number of hydrogen-bond donors (Lipinski definition) is 2.